The summed E-state index contributed by atoms with van der Waals surface area (Å²) in [4.78, 5) is 23.4. The van der Waals surface area contributed by atoms with E-state index in [1.165, 1.54) is 37.7 Å². The minimum Gasteiger partial charge on any atom is -0.493 e. The number of amides is 2. The van der Waals surface area contributed by atoms with E-state index in [1.54, 1.807) is 12.1 Å². The van der Waals surface area contributed by atoms with E-state index in [0.29, 0.717) is 33.9 Å². The van der Waals surface area contributed by atoms with Gasteiger partial charge >= 0.3 is 0 Å². The number of carbonyl (C=O) groups excluding carboxylic acids is 2. The first kappa shape index (κ1) is 22.8. The molecule has 10 heteroatoms. The molecule has 8 nitrogen and oxygen atoms in total. The van der Waals surface area contributed by atoms with Gasteiger partial charge in [0.2, 0.25) is 11.8 Å². The third-order valence-corrected chi connectivity index (χ3v) is 5.51. The number of hydrogen-bond acceptors (Lipinski definition) is 7. The molecule has 2 aromatic carbocycles. The van der Waals surface area contributed by atoms with Gasteiger partial charge in [0.1, 0.15) is 24.3 Å². The Morgan fingerprint density at radius 2 is 1.87 bits per heavy atom. The first-order valence-electron chi connectivity index (χ1n) is 9.39. The average Bonchev–Trinajstić information content (AvgIpc) is 3.16. The van der Waals surface area contributed by atoms with Gasteiger partial charge in [-0.3, -0.25) is 9.59 Å². The Hall–Kier alpha value is -2.91. The minimum atomic E-state index is -0.499. The number of thioether (sulfide) groups is 1. The lowest BCUT2D eigenvalue weighted by molar-refractivity contribution is -0.129. The molecule has 0 saturated carbocycles. The largest absolute Gasteiger partial charge is 0.493 e. The monoisotopic (exact) mass is 463 g/mol. The zero-order valence-electron chi connectivity index (χ0n) is 17.3. The zero-order valence-corrected chi connectivity index (χ0v) is 18.8. The fourth-order valence-electron chi connectivity index (χ4n) is 2.82. The Labute approximate surface area is 189 Å². The van der Waals surface area contributed by atoms with Crippen LogP contribution in [-0.4, -0.2) is 42.3 Å². The predicted molar refractivity (Wildman–Crippen MR) is 120 cm³/mol. The molecule has 1 atom stereocenters. The van der Waals surface area contributed by atoms with Crippen molar-refractivity contribution in [3.8, 4) is 17.2 Å². The molecule has 164 valence electrons. The van der Waals surface area contributed by atoms with Crippen molar-refractivity contribution in [2.45, 2.75) is 19.2 Å². The van der Waals surface area contributed by atoms with Crippen LogP contribution >= 0.6 is 23.4 Å². The van der Waals surface area contributed by atoms with Gasteiger partial charge in [0.05, 0.1) is 12.1 Å². The maximum atomic E-state index is 12.0. The van der Waals surface area contributed by atoms with Gasteiger partial charge < -0.3 is 19.5 Å². The van der Waals surface area contributed by atoms with Crippen molar-refractivity contribution in [3.63, 3.8) is 0 Å². The summed E-state index contributed by atoms with van der Waals surface area (Å²) in [6.45, 7) is 3.37. The first-order chi connectivity index (χ1) is 14.9. The van der Waals surface area contributed by atoms with Crippen molar-refractivity contribution in [2.75, 3.05) is 20.3 Å². The molecule has 0 aliphatic carbocycles. The molecule has 2 aromatic rings. The van der Waals surface area contributed by atoms with Gasteiger partial charge in [0, 0.05) is 13.8 Å². The molecule has 3 rings (SSSR count). The van der Waals surface area contributed by atoms with Crippen molar-refractivity contribution >= 4 is 40.3 Å². The predicted octanol–water partition coefficient (Wildman–Crippen LogP) is 3.81. The van der Waals surface area contributed by atoms with Gasteiger partial charge in [-0.1, -0.05) is 41.6 Å². The highest BCUT2D eigenvalue weighted by Crippen LogP contribution is 2.44. The summed E-state index contributed by atoms with van der Waals surface area (Å²) in [6, 6.07) is 12.8. The van der Waals surface area contributed by atoms with Crippen LogP contribution in [-0.2, 0) is 9.59 Å². The fraction of sp³-hybridized carbons (Fsp3) is 0.286. The number of para-hydroxylation sites is 1. The molecule has 0 bridgehead atoms. The van der Waals surface area contributed by atoms with Crippen molar-refractivity contribution in [1.82, 2.24) is 10.3 Å². The van der Waals surface area contributed by atoms with E-state index >= 15 is 0 Å². The summed E-state index contributed by atoms with van der Waals surface area (Å²) in [5, 5.41) is 8.24. The van der Waals surface area contributed by atoms with E-state index in [4.69, 9.17) is 25.8 Å². The van der Waals surface area contributed by atoms with Crippen molar-refractivity contribution in [1.29, 1.82) is 0 Å². The molecule has 1 heterocycles. The van der Waals surface area contributed by atoms with Crippen LogP contribution in [0.15, 0.2) is 47.6 Å². The molecule has 0 fully saturated rings. The molecule has 0 spiro atoms. The first-order valence-corrected chi connectivity index (χ1v) is 10.7. The fourth-order valence-corrected chi connectivity index (χ4v) is 4.21. The van der Waals surface area contributed by atoms with Gasteiger partial charge in [0.15, 0.2) is 16.7 Å². The lowest BCUT2D eigenvalue weighted by Crippen LogP contribution is -2.25. The van der Waals surface area contributed by atoms with Gasteiger partial charge in [-0.15, -0.1) is 5.10 Å². The van der Waals surface area contributed by atoms with Crippen LogP contribution in [0, 0.1) is 0 Å². The number of nitrogens with zero attached hydrogens (tertiary/aromatic N) is 2. The second kappa shape index (κ2) is 10.4. The summed E-state index contributed by atoms with van der Waals surface area (Å²) < 4.78 is 16.9. The lowest BCUT2D eigenvalue weighted by atomic mass is 10.2. The van der Waals surface area contributed by atoms with Crippen LogP contribution in [0.25, 0.3) is 0 Å². The Bertz CT molecular complexity index is 986. The Kier molecular flexibility index (Phi) is 7.64. The van der Waals surface area contributed by atoms with Crippen LogP contribution in [0.4, 0.5) is 0 Å². The standard InChI is InChI=1S/C21H22ClN3O5S/c1-13(26)23-21-24-25(14(2)27)20(31-21)15-11-17(22)19(18(12-15)28-3)30-10-9-29-16-7-5-4-6-8-16/h4-8,11-12,20H,9-10H2,1-3H3,(H,23,24,26)/t20-/m0/s1. The zero-order chi connectivity index (χ0) is 22.4. The molecular weight excluding hydrogens is 442 g/mol. The minimum absolute atomic E-state index is 0.262. The number of hydrogen-bond donors (Lipinski definition) is 1. The van der Waals surface area contributed by atoms with E-state index < -0.39 is 5.37 Å². The van der Waals surface area contributed by atoms with Crippen LogP contribution in [0.3, 0.4) is 0 Å². The Morgan fingerprint density at radius 1 is 1.16 bits per heavy atom. The molecule has 2 amide bonds. The quantitative estimate of drug-likeness (QED) is 0.628. The maximum absolute atomic E-state index is 12.0. The van der Waals surface area contributed by atoms with Crippen LogP contribution in [0.2, 0.25) is 5.02 Å². The molecule has 31 heavy (non-hydrogen) atoms. The second-order valence-electron chi connectivity index (χ2n) is 6.46. The summed E-state index contributed by atoms with van der Waals surface area (Å²) in [5.74, 6) is 1.00. The van der Waals surface area contributed by atoms with E-state index in [1.807, 2.05) is 30.3 Å². The Morgan fingerprint density at radius 3 is 2.52 bits per heavy atom. The highest BCUT2D eigenvalue weighted by molar-refractivity contribution is 8.14. The SMILES string of the molecule is COc1cc([C@@H]2SC(NC(C)=O)=NN2C(C)=O)cc(Cl)c1OCCOc1ccccc1. The molecule has 1 N–H and O–H groups in total. The van der Waals surface area contributed by atoms with E-state index in [-0.39, 0.29) is 18.4 Å². The number of rotatable bonds is 7. The normalized spacial score (nSPS) is 15.3. The van der Waals surface area contributed by atoms with Gasteiger partial charge in [-0.25, -0.2) is 5.01 Å². The Balaban J connectivity index is 1.72. The van der Waals surface area contributed by atoms with Crippen molar-refractivity contribution in [3.05, 3.63) is 53.1 Å². The van der Waals surface area contributed by atoms with Crippen LogP contribution < -0.4 is 19.5 Å². The summed E-state index contributed by atoms with van der Waals surface area (Å²) in [7, 11) is 1.51. The third-order valence-electron chi connectivity index (χ3n) is 4.13. The second-order valence-corrected chi connectivity index (χ2v) is 7.94. The van der Waals surface area contributed by atoms with E-state index in [2.05, 4.69) is 10.4 Å². The number of hydrazone groups is 1. The number of nitrogens with one attached hydrogen (secondary N) is 1. The topological polar surface area (TPSA) is 89.5 Å². The molecular formula is C21H22ClN3O5S. The van der Waals surface area contributed by atoms with Crippen molar-refractivity contribution in [2.24, 2.45) is 5.10 Å². The van der Waals surface area contributed by atoms with Gasteiger partial charge in [0.25, 0.3) is 0 Å². The summed E-state index contributed by atoms with van der Waals surface area (Å²) in [5.41, 5.74) is 0.680. The molecule has 1 aliphatic rings. The van der Waals surface area contributed by atoms with Crippen LogP contribution in [0.5, 0.6) is 17.2 Å². The molecule has 0 unspecified atom stereocenters. The maximum Gasteiger partial charge on any atom is 0.241 e. The van der Waals surface area contributed by atoms with E-state index in [9.17, 15) is 9.59 Å². The smallest absolute Gasteiger partial charge is 0.241 e. The van der Waals surface area contributed by atoms with Crippen LogP contribution in [0.1, 0.15) is 24.8 Å². The highest BCUT2D eigenvalue weighted by atomic mass is 35.5. The molecule has 1 aliphatic heterocycles. The average molecular weight is 464 g/mol. The number of halogens is 1. The summed E-state index contributed by atoms with van der Waals surface area (Å²) >= 11 is 7.70. The third kappa shape index (κ3) is 5.83. The lowest BCUT2D eigenvalue weighted by Gasteiger charge is -2.21. The van der Waals surface area contributed by atoms with Crippen molar-refractivity contribution < 1.29 is 23.8 Å². The van der Waals surface area contributed by atoms with Gasteiger partial charge in [-0.2, -0.15) is 0 Å². The number of methoxy groups -OCH3 is 1. The molecule has 0 aromatic heterocycles. The summed E-state index contributed by atoms with van der Waals surface area (Å²) in [6.07, 6.45) is 0. The molecule has 0 saturated heterocycles. The number of ether oxygens (including phenoxy) is 3. The molecule has 0 radical (unpaired) electrons. The number of benzene rings is 2. The number of carbonyl (C=O) groups is 2. The van der Waals surface area contributed by atoms with Gasteiger partial charge in [-0.05, 0) is 29.8 Å². The number of amidine groups is 1. The highest BCUT2D eigenvalue weighted by Gasteiger charge is 2.33. The van der Waals surface area contributed by atoms with E-state index in [0.717, 1.165) is 5.75 Å².